The molecule has 0 bridgehead atoms. The minimum atomic E-state index is -2.59. The van der Waals surface area contributed by atoms with Gasteiger partial charge >= 0.3 is 0 Å². The molecule has 6 heteroatoms. The van der Waals surface area contributed by atoms with Crippen molar-refractivity contribution in [2.24, 2.45) is 0 Å². The molecule has 3 N–H and O–H groups in total. The lowest BCUT2D eigenvalue weighted by atomic mass is 10.0. The number of anilines is 2. The van der Waals surface area contributed by atoms with E-state index in [0.29, 0.717) is 24.5 Å². The fourth-order valence-electron chi connectivity index (χ4n) is 2.61. The van der Waals surface area contributed by atoms with Crippen LogP contribution in [0.2, 0.25) is 0 Å². The minimum absolute atomic E-state index is 0.0839. The Balaban J connectivity index is 2.35. The predicted molar refractivity (Wildman–Crippen MR) is 74.1 cm³/mol. The second kappa shape index (κ2) is 5.54. The number of nitrogens with zero attached hydrogens (tertiary/aromatic N) is 1. The maximum atomic E-state index is 13.2. The lowest BCUT2D eigenvalue weighted by Crippen LogP contribution is -2.54. The monoisotopic (exact) mass is 286 g/mol. The SMILES string of the molecule is CC1(C)CN(c2ccc(N)cc2C(F)F)CC(CO)O1. The Bertz CT molecular complexity index is 480. The Morgan fingerprint density at radius 3 is 2.80 bits per heavy atom. The third-order valence-corrected chi connectivity index (χ3v) is 3.31. The third-order valence-electron chi connectivity index (χ3n) is 3.31. The van der Waals surface area contributed by atoms with E-state index in [0.717, 1.165) is 0 Å². The van der Waals surface area contributed by atoms with Crippen molar-refractivity contribution in [3.8, 4) is 0 Å². The van der Waals surface area contributed by atoms with Gasteiger partial charge < -0.3 is 20.5 Å². The van der Waals surface area contributed by atoms with Crippen LogP contribution in [0.4, 0.5) is 20.2 Å². The number of alkyl halides is 2. The second-order valence-electron chi connectivity index (χ2n) is 5.68. The number of aliphatic hydroxyl groups excluding tert-OH is 1. The summed E-state index contributed by atoms with van der Waals surface area (Å²) >= 11 is 0. The summed E-state index contributed by atoms with van der Waals surface area (Å²) in [6, 6.07) is 4.51. The molecule has 0 aromatic heterocycles. The standard InChI is InChI=1S/C14H20F2N2O2/c1-14(2)8-18(6-10(7-19)20-14)12-4-3-9(17)5-11(12)13(15)16/h3-5,10,13,19H,6-8,17H2,1-2H3. The number of aliphatic hydroxyl groups is 1. The zero-order chi connectivity index (χ0) is 14.9. The van der Waals surface area contributed by atoms with Crippen molar-refractivity contribution in [3.63, 3.8) is 0 Å². The smallest absolute Gasteiger partial charge is 0.265 e. The fraction of sp³-hybridized carbons (Fsp3) is 0.571. The van der Waals surface area contributed by atoms with Gasteiger partial charge in [0.05, 0.1) is 18.3 Å². The van der Waals surface area contributed by atoms with Gasteiger partial charge in [0.1, 0.15) is 0 Å². The summed E-state index contributed by atoms with van der Waals surface area (Å²) in [5.41, 5.74) is 5.76. The normalized spacial score (nSPS) is 22.3. The Kier molecular flexibility index (Phi) is 4.15. The average molecular weight is 286 g/mol. The van der Waals surface area contributed by atoms with Crippen molar-refractivity contribution in [1.29, 1.82) is 0 Å². The van der Waals surface area contributed by atoms with Gasteiger partial charge in [-0.25, -0.2) is 8.78 Å². The van der Waals surface area contributed by atoms with Crippen LogP contribution in [0.15, 0.2) is 18.2 Å². The quantitative estimate of drug-likeness (QED) is 0.836. The molecular weight excluding hydrogens is 266 g/mol. The summed E-state index contributed by atoms with van der Waals surface area (Å²) in [4.78, 5) is 1.82. The maximum absolute atomic E-state index is 13.2. The van der Waals surface area contributed by atoms with E-state index in [1.165, 1.54) is 6.07 Å². The largest absolute Gasteiger partial charge is 0.399 e. The zero-order valence-electron chi connectivity index (χ0n) is 11.6. The zero-order valence-corrected chi connectivity index (χ0v) is 11.6. The molecule has 1 aliphatic heterocycles. The molecule has 1 atom stereocenters. The molecule has 0 aliphatic carbocycles. The lowest BCUT2D eigenvalue weighted by molar-refractivity contribution is -0.101. The van der Waals surface area contributed by atoms with Crippen LogP contribution in [0.1, 0.15) is 25.8 Å². The second-order valence-corrected chi connectivity index (χ2v) is 5.68. The van der Waals surface area contributed by atoms with Crippen molar-refractivity contribution in [3.05, 3.63) is 23.8 Å². The summed E-state index contributed by atoms with van der Waals surface area (Å²) in [5, 5.41) is 9.29. The van der Waals surface area contributed by atoms with Crippen molar-refractivity contribution >= 4 is 11.4 Å². The molecule has 112 valence electrons. The van der Waals surface area contributed by atoms with E-state index in [1.54, 1.807) is 12.1 Å². The Morgan fingerprint density at radius 1 is 1.50 bits per heavy atom. The molecule has 2 rings (SSSR count). The summed E-state index contributed by atoms with van der Waals surface area (Å²) in [6.07, 6.45) is -2.98. The molecule has 1 unspecified atom stereocenters. The van der Waals surface area contributed by atoms with Gasteiger partial charge in [-0.2, -0.15) is 0 Å². The summed E-state index contributed by atoms with van der Waals surface area (Å²) in [6.45, 7) is 4.47. The molecule has 0 amide bonds. The van der Waals surface area contributed by atoms with Crippen LogP contribution in [0.25, 0.3) is 0 Å². The molecule has 0 saturated carbocycles. The van der Waals surface area contributed by atoms with Crippen LogP contribution in [0.3, 0.4) is 0 Å². The molecule has 1 fully saturated rings. The number of ether oxygens (including phenoxy) is 1. The highest BCUT2D eigenvalue weighted by molar-refractivity contribution is 5.60. The van der Waals surface area contributed by atoms with Crippen LogP contribution >= 0.6 is 0 Å². The van der Waals surface area contributed by atoms with Crippen LogP contribution in [0, 0.1) is 0 Å². The molecule has 1 saturated heterocycles. The number of nitrogens with two attached hydrogens (primary N) is 1. The van der Waals surface area contributed by atoms with Crippen molar-refractivity contribution < 1.29 is 18.6 Å². The number of halogens is 2. The molecular formula is C14H20F2N2O2. The Labute approximate surface area is 117 Å². The first-order chi connectivity index (χ1) is 9.32. The molecule has 4 nitrogen and oxygen atoms in total. The van der Waals surface area contributed by atoms with Crippen LogP contribution in [-0.4, -0.2) is 36.5 Å². The number of hydrogen-bond donors (Lipinski definition) is 2. The number of hydrogen-bond acceptors (Lipinski definition) is 4. The fourth-order valence-corrected chi connectivity index (χ4v) is 2.61. The number of morpholine rings is 1. The van der Waals surface area contributed by atoms with Gasteiger partial charge in [0.25, 0.3) is 6.43 Å². The van der Waals surface area contributed by atoms with E-state index in [9.17, 15) is 13.9 Å². The van der Waals surface area contributed by atoms with Gasteiger partial charge in [-0.05, 0) is 32.0 Å². The van der Waals surface area contributed by atoms with Crippen LogP contribution in [0.5, 0.6) is 0 Å². The van der Waals surface area contributed by atoms with Crippen molar-refractivity contribution in [2.45, 2.75) is 32.0 Å². The van der Waals surface area contributed by atoms with Gasteiger partial charge in [-0.15, -0.1) is 0 Å². The molecule has 1 aliphatic rings. The first-order valence-corrected chi connectivity index (χ1v) is 6.53. The highest BCUT2D eigenvalue weighted by Crippen LogP contribution is 2.34. The predicted octanol–water partition coefficient (Wildman–Crippen LogP) is 2.18. The first kappa shape index (κ1) is 15.0. The minimum Gasteiger partial charge on any atom is -0.399 e. The summed E-state index contributed by atoms with van der Waals surface area (Å²) in [5.74, 6) is 0. The van der Waals surface area contributed by atoms with E-state index in [2.05, 4.69) is 0 Å². The van der Waals surface area contributed by atoms with Gasteiger partial charge in [0, 0.05) is 30.0 Å². The van der Waals surface area contributed by atoms with Gasteiger partial charge in [-0.1, -0.05) is 0 Å². The number of nitrogen functional groups attached to an aromatic ring is 1. The lowest BCUT2D eigenvalue weighted by Gasteiger charge is -2.44. The molecule has 1 aromatic rings. The van der Waals surface area contributed by atoms with E-state index in [1.807, 2.05) is 18.7 Å². The molecule has 0 spiro atoms. The number of benzene rings is 1. The van der Waals surface area contributed by atoms with Gasteiger partial charge in [0.15, 0.2) is 0 Å². The summed E-state index contributed by atoms with van der Waals surface area (Å²) in [7, 11) is 0. The molecule has 1 heterocycles. The topological polar surface area (TPSA) is 58.7 Å². The van der Waals surface area contributed by atoms with Crippen molar-refractivity contribution in [2.75, 3.05) is 30.3 Å². The molecule has 20 heavy (non-hydrogen) atoms. The van der Waals surface area contributed by atoms with E-state index < -0.39 is 12.0 Å². The van der Waals surface area contributed by atoms with Crippen LogP contribution < -0.4 is 10.6 Å². The van der Waals surface area contributed by atoms with Gasteiger partial charge in [0.2, 0.25) is 0 Å². The summed E-state index contributed by atoms with van der Waals surface area (Å²) < 4.78 is 32.0. The molecule has 1 aromatic carbocycles. The van der Waals surface area contributed by atoms with Gasteiger partial charge in [-0.3, -0.25) is 0 Å². The highest BCUT2D eigenvalue weighted by atomic mass is 19.3. The Morgan fingerprint density at radius 2 is 2.20 bits per heavy atom. The van der Waals surface area contributed by atoms with E-state index in [-0.39, 0.29) is 18.3 Å². The van der Waals surface area contributed by atoms with E-state index >= 15 is 0 Å². The highest BCUT2D eigenvalue weighted by Gasteiger charge is 2.34. The first-order valence-electron chi connectivity index (χ1n) is 6.53. The Hall–Kier alpha value is -1.40. The molecule has 0 radical (unpaired) electrons. The van der Waals surface area contributed by atoms with E-state index in [4.69, 9.17) is 10.5 Å². The number of rotatable bonds is 3. The third kappa shape index (κ3) is 3.19. The average Bonchev–Trinajstić information content (AvgIpc) is 2.36. The van der Waals surface area contributed by atoms with Crippen LogP contribution in [-0.2, 0) is 4.74 Å². The maximum Gasteiger partial charge on any atom is 0.265 e. The van der Waals surface area contributed by atoms with Crippen molar-refractivity contribution in [1.82, 2.24) is 0 Å².